The van der Waals surface area contributed by atoms with Crippen molar-refractivity contribution in [3.8, 4) is 5.75 Å². The number of hydrogen-bond donors (Lipinski definition) is 2. The number of amides is 2. The molecule has 1 aromatic heterocycles. The molecule has 7 nitrogen and oxygen atoms in total. The SMILES string of the molecule is CCOC(=O)N1CCc2c(sc3c2C(=O)N[C@@H](c2ccc(OC)c(Br)c2)N3)C1. The Labute approximate surface area is 175 Å². The average Bonchev–Trinajstić information content (AvgIpc) is 3.06. The molecule has 0 unspecified atom stereocenters. The van der Waals surface area contributed by atoms with Gasteiger partial charge in [-0.25, -0.2) is 4.79 Å². The molecule has 0 radical (unpaired) electrons. The predicted molar refractivity (Wildman–Crippen MR) is 110 cm³/mol. The maximum Gasteiger partial charge on any atom is 0.410 e. The normalized spacial score (nSPS) is 17.9. The van der Waals surface area contributed by atoms with Gasteiger partial charge < -0.3 is 25.0 Å². The van der Waals surface area contributed by atoms with Gasteiger partial charge in [0.25, 0.3) is 5.91 Å². The fourth-order valence-corrected chi connectivity index (χ4v) is 5.36. The summed E-state index contributed by atoms with van der Waals surface area (Å²) in [5.41, 5.74) is 2.65. The molecular weight excluding hydrogens is 446 g/mol. The summed E-state index contributed by atoms with van der Waals surface area (Å²) in [6, 6.07) is 5.71. The number of fused-ring (bicyclic) bond motifs is 3. The average molecular weight is 466 g/mol. The number of hydrogen-bond acceptors (Lipinski definition) is 6. The Morgan fingerprint density at radius 2 is 2.21 bits per heavy atom. The van der Waals surface area contributed by atoms with Gasteiger partial charge in [0, 0.05) is 11.4 Å². The van der Waals surface area contributed by atoms with Gasteiger partial charge >= 0.3 is 6.09 Å². The highest BCUT2D eigenvalue weighted by Crippen LogP contribution is 2.41. The number of carbonyl (C=O) groups is 2. The summed E-state index contributed by atoms with van der Waals surface area (Å²) < 4.78 is 11.2. The molecule has 148 valence electrons. The first-order valence-corrected chi connectivity index (χ1v) is 10.6. The van der Waals surface area contributed by atoms with Crippen molar-refractivity contribution in [1.29, 1.82) is 0 Å². The molecule has 0 aliphatic carbocycles. The van der Waals surface area contributed by atoms with Gasteiger partial charge in [0.05, 0.1) is 30.3 Å². The molecule has 0 fully saturated rings. The second-order valence-corrected chi connectivity index (χ2v) is 8.48. The summed E-state index contributed by atoms with van der Waals surface area (Å²) in [7, 11) is 1.61. The van der Waals surface area contributed by atoms with Crippen LogP contribution in [0.4, 0.5) is 9.80 Å². The zero-order valence-electron chi connectivity index (χ0n) is 15.5. The summed E-state index contributed by atoms with van der Waals surface area (Å²) in [5, 5.41) is 7.30. The van der Waals surface area contributed by atoms with E-state index in [0.717, 1.165) is 31.2 Å². The topological polar surface area (TPSA) is 79.9 Å². The van der Waals surface area contributed by atoms with Gasteiger partial charge in [0.1, 0.15) is 16.9 Å². The van der Waals surface area contributed by atoms with E-state index in [0.29, 0.717) is 31.7 Å². The number of thiophene rings is 1. The summed E-state index contributed by atoms with van der Waals surface area (Å²) in [6.45, 7) is 3.17. The summed E-state index contributed by atoms with van der Waals surface area (Å²) >= 11 is 5.02. The molecule has 1 aromatic carbocycles. The standard InChI is InChI=1S/C19H20BrN3O4S/c1-3-27-19(25)23-7-6-11-14(9-23)28-18-15(11)17(24)21-16(22-18)10-4-5-13(26-2)12(20)8-10/h4-5,8,16,22H,3,6-7,9H2,1-2H3,(H,21,24)/t16-/m1/s1. The second-order valence-electron chi connectivity index (χ2n) is 6.52. The quantitative estimate of drug-likeness (QED) is 0.718. The van der Waals surface area contributed by atoms with Gasteiger partial charge in [-0.05, 0) is 52.5 Å². The van der Waals surface area contributed by atoms with Crippen LogP contribution in [0.2, 0.25) is 0 Å². The molecule has 0 saturated carbocycles. The van der Waals surface area contributed by atoms with E-state index >= 15 is 0 Å². The third kappa shape index (κ3) is 3.33. The van der Waals surface area contributed by atoms with Crippen molar-refractivity contribution in [3.63, 3.8) is 0 Å². The van der Waals surface area contributed by atoms with Crippen molar-refractivity contribution in [3.05, 3.63) is 44.2 Å². The lowest BCUT2D eigenvalue weighted by molar-refractivity contribution is 0.0934. The van der Waals surface area contributed by atoms with Crippen LogP contribution in [0.5, 0.6) is 5.75 Å². The number of halogens is 1. The first kappa shape index (κ1) is 19.1. The largest absolute Gasteiger partial charge is 0.496 e. The van der Waals surface area contributed by atoms with E-state index in [1.54, 1.807) is 18.9 Å². The molecule has 2 aliphatic rings. The molecule has 4 rings (SSSR count). The molecule has 2 aromatic rings. The van der Waals surface area contributed by atoms with Gasteiger partial charge in [0.15, 0.2) is 0 Å². The van der Waals surface area contributed by atoms with E-state index in [4.69, 9.17) is 9.47 Å². The van der Waals surface area contributed by atoms with Crippen molar-refractivity contribution in [2.75, 3.05) is 25.6 Å². The molecule has 0 spiro atoms. The lowest BCUT2D eigenvalue weighted by Gasteiger charge is -2.28. The Balaban J connectivity index is 1.59. The lowest BCUT2D eigenvalue weighted by Crippen LogP contribution is -2.39. The molecule has 28 heavy (non-hydrogen) atoms. The molecular formula is C19H20BrN3O4S. The number of methoxy groups -OCH3 is 1. The number of rotatable bonds is 3. The van der Waals surface area contributed by atoms with Crippen LogP contribution in [0, 0.1) is 0 Å². The monoisotopic (exact) mass is 465 g/mol. The molecule has 2 N–H and O–H groups in total. The van der Waals surface area contributed by atoms with Crippen LogP contribution in [0.15, 0.2) is 22.7 Å². The first-order chi connectivity index (χ1) is 13.5. The second kappa shape index (κ2) is 7.63. The van der Waals surface area contributed by atoms with Crippen LogP contribution >= 0.6 is 27.3 Å². The van der Waals surface area contributed by atoms with Crippen molar-refractivity contribution in [1.82, 2.24) is 10.2 Å². The molecule has 2 amide bonds. The number of nitrogens with one attached hydrogen (secondary N) is 2. The smallest absolute Gasteiger partial charge is 0.410 e. The van der Waals surface area contributed by atoms with Gasteiger partial charge in [-0.1, -0.05) is 6.07 Å². The third-order valence-corrected chi connectivity index (χ3v) is 6.64. The Morgan fingerprint density at radius 3 is 2.93 bits per heavy atom. The predicted octanol–water partition coefficient (Wildman–Crippen LogP) is 3.89. The maximum atomic E-state index is 12.8. The van der Waals surface area contributed by atoms with E-state index in [2.05, 4.69) is 26.6 Å². The van der Waals surface area contributed by atoms with E-state index in [1.165, 1.54) is 11.3 Å². The van der Waals surface area contributed by atoms with Crippen LogP contribution in [0.25, 0.3) is 0 Å². The Morgan fingerprint density at radius 1 is 1.39 bits per heavy atom. The number of benzene rings is 1. The van der Waals surface area contributed by atoms with Gasteiger partial charge in [-0.15, -0.1) is 11.3 Å². The molecule has 2 aliphatic heterocycles. The first-order valence-electron chi connectivity index (χ1n) is 8.98. The van der Waals surface area contributed by atoms with Crippen molar-refractivity contribution >= 4 is 44.3 Å². The Hall–Kier alpha value is -2.26. The summed E-state index contributed by atoms with van der Waals surface area (Å²) in [6.07, 6.45) is 0.00903. The highest BCUT2D eigenvalue weighted by atomic mass is 79.9. The molecule has 3 heterocycles. The maximum absolute atomic E-state index is 12.8. The fourth-order valence-electron chi connectivity index (χ4n) is 3.52. The Bertz CT molecular complexity index is 946. The van der Waals surface area contributed by atoms with Crippen LogP contribution < -0.4 is 15.4 Å². The number of carbonyl (C=O) groups excluding carboxylic acids is 2. The van der Waals surface area contributed by atoms with Crippen LogP contribution in [0.1, 0.15) is 39.5 Å². The van der Waals surface area contributed by atoms with Crippen LogP contribution in [0.3, 0.4) is 0 Å². The van der Waals surface area contributed by atoms with Crippen molar-refractivity contribution in [2.24, 2.45) is 0 Å². The van der Waals surface area contributed by atoms with E-state index in [-0.39, 0.29) is 18.2 Å². The van der Waals surface area contributed by atoms with E-state index in [9.17, 15) is 9.59 Å². The van der Waals surface area contributed by atoms with Crippen LogP contribution in [-0.4, -0.2) is 37.2 Å². The number of ether oxygens (including phenoxy) is 2. The number of anilines is 1. The fraction of sp³-hybridized carbons (Fsp3) is 0.368. The highest BCUT2D eigenvalue weighted by molar-refractivity contribution is 9.10. The highest BCUT2D eigenvalue weighted by Gasteiger charge is 2.34. The zero-order chi connectivity index (χ0) is 19.8. The van der Waals surface area contributed by atoms with E-state index < -0.39 is 0 Å². The molecule has 1 atom stereocenters. The number of nitrogens with zero attached hydrogens (tertiary/aromatic N) is 1. The summed E-state index contributed by atoms with van der Waals surface area (Å²) in [5.74, 6) is 0.644. The zero-order valence-corrected chi connectivity index (χ0v) is 17.9. The summed E-state index contributed by atoms with van der Waals surface area (Å²) in [4.78, 5) is 27.6. The minimum absolute atomic E-state index is 0.0900. The third-order valence-electron chi connectivity index (χ3n) is 4.87. The molecule has 9 heteroatoms. The lowest BCUT2D eigenvalue weighted by atomic mass is 10.0. The Kier molecular flexibility index (Phi) is 5.20. The van der Waals surface area contributed by atoms with E-state index in [1.807, 2.05) is 18.2 Å². The van der Waals surface area contributed by atoms with Crippen LogP contribution in [-0.2, 0) is 17.7 Å². The van der Waals surface area contributed by atoms with Gasteiger partial charge in [-0.3, -0.25) is 4.79 Å². The minimum Gasteiger partial charge on any atom is -0.496 e. The van der Waals surface area contributed by atoms with Crippen molar-refractivity contribution < 1.29 is 19.1 Å². The van der Waals surface area contributed by atoms with Gasteiger partial charge in [0.2, 0.25) is 0 Å². The van der Waals surface area contributed by atoms with Gasteiger partial charge in [-0.2, -0.15) is 0 Å². The van der Waals surface area contributed by atoms with Crippen molar-refractivity contribution in [2.45, 2.75) is 26.1 Å². The molecule has 0 bridgehead atoms. The minimum atomic E-state index is -0.330. The molecule has 0 saturated heterocycles.